The molecule has 1 aliphatic heterocycles. The number of esters is 1. The van der Waals surface area contributed by atoms with E-state index in [9.17, 15) is 9.59 Å². The van der Waals surface area contributed by atoms with Gasteiger partial charge in [0.05, 0.1) is 36.4 Å². The topological polar surface area (TPSA) is 114 Å². The quantitative estimate of drug-likeness (QED) is 0.0689. The average molecular weight is 995 g/mol. The van der Waals surface area contributed by atoms with Crippen molar-refractivity contribution in [3.05, 3.63) is 190 Å². The lowest BCUT2D eigenvalue weighted by Gasteiger charge is -2.36. The number of likely N-dealkylation sites (tertiary alicyclic amines) is 1. The summed E-state index contributed by atoms with van der Waals surface area (Å²) in [5.74, 6) is 0.326. The van der Waals surface area contributed by atoms with Crippen LogP contribution >= 0.6 is 0 Å². The van der Waals surface area contributed by atoms with Gasteiger partial charge in [0.25, 0.3) is 0 Å². The molecule has 11 nitrogen and oxygen atoms in total. The van der Waals surface area contributed by atoms with Crippen molar-refractivity contribution < 1.29 is 37.7 Å². The summed E-state index contributed by atoms with van der Waals surface area (Å²) in [7, 11) is 3.01. The van der Waals surface area contributed by atoms with Crippen molar-refractivity contribution in [3.63, 3.8) is 0 Å². The van der Waals surface area contributed by atoms with Gasteiger partial charge in [0.15, 0.2) is 0 Å². The number of aromatic nitrogens is 3. The number of fused-ring (bicyclic) bond motifs is 2. The van der Waals surface area contributed by atoms with Gasteiger partial charge in [0.1, 0.15) is 35.4 Å². The molecule has 380 valence electrons. The molecule has 1 amide bonds. The Hall–Kier alpha value is -7.57. The minimum absolute atomic E-state index is 0.178. The summed E-state index contributed by atoms with van der Waals surface area (Å²) in [6.07, 6.45) is 4.71. The maximum Gasteiger partial charge on any atom is 0.410 e. The molecule has 2 fully saturated rings. The first-order chi connectivity index (χ1) is 35.7. The minimum atomic E-state index is -0.953. The monoisotopic (exact) mass is 994 g/mol. The van der Waals surface area contributed by atoms with Crippen molar-refractivity contribution in [2.24, 2.45) is 0 Å². The molecule has 0 radical (unpaired) electrons. The number of ether oxygens (including phenoxy) is 5. The Morgan fingerprint density at radius 2 is 1.42 bits per heavy atom. The average Bonchev–Trinajstić information content (AvgIpc) is 4.02. The number of amides is 1. The lowest BCUT2D eigenvalue weighted by molar-refractivity contribution is 0.0275. The van der Waals surface area contributed by atoms with Crippen molar-refractivity contribution in [1.29, 1.82) is 0 Å². The normalized spacial score (nSPS) is 15.4. The van der Waals surface area contributed by atoms with E-state index < -0.39 is 17.1 Å². The number of benzene rings is 6. The summed E-state index contributed by atoms with van der Waals surface area (Å²) < 4.78 is 49.0. The number of aryl methyl sites for hydroxylation is 2. The van der Waals surface area contributed by atoms with Crippen molar-refractivity contribution in [1.82, 2.24) is 19.7 Å². The zero-order valence-electron chi connectivity index (χ0n) is 43.2. The van der Waals surface area contributed by atoms with Crippen LogP contribution < -0.4 is 9.47 Å². The van der Waals surface area contributed by atoms with Crippen molar-refractivity contribution >= 4 is 33.9 Å². The van der Waals surface area contributed by atoms with E-state index in [1.165, 1.54) is 7.11 Å². The summed E-state index contributed by atoms with van der Waals surface area (Å²) in [5.41, 5.74) is 8.16. The molecule has 1 saturated carbocycles. The lowest BCUT2D eigenvalue weighted by Crippen LogP contribution is -2.38. The molecule has 2 atom stereocenters. The maximum absolute atomic E-state index is 17.2. The standard InChI is InChI=1S/C62H63FN4O7/c1-39(70-6)38-72-55-35-54(73-47-31-32-66(36-47)60(69)74-61(3,4)5)50-33-49(42-28-29-42)57(48(58(50)64-55)30-25-41-23-26-43(27-24-41)59(68)71-7)56-40(2)52(63)34-53-51(56)37-67(65-53)62(44-17-11-8-12-18-44,45-19-13-9-14-20-45)46-21-15-10-16-22-46/h8-24,26-27,33-35,37,39,42,47H,25,28-32,36,38H2,1-7H3/t39-,47-/m0/s1. The third-order valence-corrected chi connectivity index (χ3v) is 14.4. The number of halogens is 1. The van der Waals surface area contributed by atoms with E-state index in [-0.39, 0.29) is 36.6 Å². The van der Waals surface area contributed by atoms with Gasteiger partial charge in [-0.15, -0.1) is 0 Å². The molecule has 8 aromatic rings. The van der Waals surface area contributed by atoms with Gasteiger partial charge in [0.2, 0.25) is 5.88 Å². The van der Waals surface area contributed by atoms with E-state index in [0.717, 1.165) is 68.1 Å². The molecule has 6 aromatic carbocycles. The zero-order chi connectivity index (χ0) is 51.7. The third-order valence-electron chi connectivity index (χ3n) is 14.4. The number of pyridine rings is 1. The van der Waals surface area contributed by atoms with Gasteiger partial charge < -0.3 is 28.6 Å². The fraction of sp³-hybridized carbons (Fsp3) is 0.323. The van der Waals surface area contributed by atoms with E-state index in [4.69, 9.17) is 33.8 Å². The van der Waals surface area contributed by atoms with E-state index in [1.807, 2.05) is 112 Å². The number of hydrogen-bond acceptors (Lipinski definition) is 9. The van der Waals surface area contributed by atoms with Crippen LogP contribution in [0.25, 0.3) is 32.9 Å². The van der Waals surface area contributed by atoms with Crippen molar-refractivity contribution in [3.8, 4) is 22.8 Å². The van der Waals surface area contributed by atoms with Crippen LogP contribution in [0, 0.1) is 12.7 Å². The van der Waals surface area contributed by atoms with Crippen LogP contribution in [-0.4, -0.2) is 83.5 Å². The van der Waals surface area contributed by atoms with Gasteiger partial charge >= 0.3 is 12.1 Å². The number of hydrogen-bond donors (Lipinski definition) is 0. The molecule has 0 bridgehead atoms. The van der Waals surface area contributed by atoms with E-state index >= 15 is 4.39 Å². The van der Waals surface area contributed by atoms with Crippen LogP contribution in [0.15, 0.2) is 140 Å². The molecule has 0 spiro atoms. The molecule has 2 aromatic heterocycles. The van der Waals surface area contributed by atoms with E-state index in [0.29, 0.717) is 66.1 Å². The SMILES string of the molecule is COC(=O)c1ccc(CCc2c(-c3c(C)c(F)cc4nn(C(c5ccccc5)(c5ccccc5)c5ccccc5)cc34)c(C3CC3)cc3c(O[C@H]4CCN(C(=O)OC(C)(C)C)C4)cc(OC[C@H](C)OC)nc23)cc1. The number of methoxy groups -OCH3 is 2. The molecule has 0 unspecified atom stereocenters. The predicted octanol–water partition coefficient (Wildman–Crippen LogP) is 12.8. The Labute approximate surface area is 432 Å². The molecule has 3 heterocycles. The van der Waals surface area contributed by atoms with E-state index in [1.54, 1.807) is 30.2 Å². The van der Waals surface area contributed by atoms with Crippen LogP contribution in [-0.2, 0) is 32.6 Å². The second-order valence-corrected chi connectivity index (χ2v) is 20.6. The van der Waals surface area contributed by atoms with Crippen molar-refractivity contribution in [2.45, 2.75) is 96.0 Å². The van der Waals surface area contributed by atoms with Crippen LogP contribution in [0.3, 0.4) is 0 Å². The molecule has 10 rings (SSSR count). The Bertz CT molecular complexity index is 3220. The molecule has 1 saturated heterocycles. The first-order valence-corrected chi connectivity index (χ1v) is 25.6. The summed E-state index contributed by atoms with van der Waals surface area (Å²) in [6, 6.07) is 44.1. The fourth-order valence-corrected chi connectivity index (χ4v) is 10.5. The Morgan fingerprint density at radius 1 is 0.784 bits per heavy atom. The second-order valence-electron chi connectivity index (χ2n) is 20.6. The molecule has 2 aliphatic rings. The van der Waals surface area contributed by atoms with Crippen LogP contribution in [0.2, 0.25) is 0 Å². The molecule has 12 heteroatoms. The first kappa shape index (κ1) is 50.0. The predicted molar refractivity (Wildman–Crippen MR) is 286 cm³/mol. The summed E-state index contributed by atoms with van der Waals surface area (Å²) >= 11 is 0. The highest BCUT2D eigenvalue weighted by atomic mass is 19.1. The number of carbonyl (C=O) groups excluding carboxylic acids is 2. The number of carbonyl (C=O) groups is 2. The fourth-order valence-electron chi connectivity index (χ4n) is 10.5. The van der Waals surface area contributed by atoms with Crippen LogP contribution in [0.1, 0.15) is 102 Å². The lowest BCUT2D eigenvalue weighted by atomic mass is 9.77. The van der Waals surface area contributed by atoms with Gasteiger partial charge in [-0.25, -0.2) is 19.0 Å². The molecule has 74 heavy (non-hydrogen) atoms. The Balaban J connectivity index is 1.22. The molecule has 1 aliphatic carbocycles. The van der Waals surface area contributed by atoms with Gasteiger partial charge in [-0.3, -0.25) is 4.68 Å². The van der Waals surface area contributed by atoms with Gasteiger partial charge in [0, 0.05) is 49.2 Å². The highest BCUT2D eigenvalue weighted by molar-refractivity contribution is 6.03. The largest absolute Gasteiger partial charge is 0.488 e. The van der Waals surface area contributed by atoms with Crippen LogP contribution in [0.5, 0.6) is 11.6 Å². The minimum Gasteiger partial charge on any atom is -0.488 e. The first-order valence-electron chi connectivity index (χ1n) is 25.6. The summed E-state index contributed by atoms with van der Waals surface area (Å²) in [6.45, 7) is 10.4. The number of nitrogens with zero attached hydrogens (tertiary/aromatic N) is 4. The number of rotatable bonds is 16. The highest BCUT2D eigenvalue weighted by Crippen LogP contribution is 2.52. The Morgan fingerprint density at radius 3 is 2.00 bits per heavy atom. The highest BCUT2D eigenvalue weighted by Gasteiger charge is 2.41. The van der Waals surface area contributed by atoms with Gasteiger partial charge in [-0.1, -0.05) is 103 Å². The smallest absolute Gasteiger partial charge is 0.410 e. The van der Waals surface area contributed by atoms with Gasteiger partial charge in [-0.2, -0.15) is 5.10 Å². The second kappa shape index (κ2) is 20.7. The molecular formula is C62H63FN4O7. The molecular weight excluding hydrogens is 932 g/mol. The van der Waals surface area contributed by atoms with Crippen molar-refractivity contribution in [2.75, 3.05) is 33.9 Å². The Kier molecular flexibility index (Phi) is 14.0. The van der Waals surface area contributed by atoms with E-state index in [2.05, 4.69) is 48.7 Å². The van der Waals surface area contributed by atoms with Crippen LogP contribution in [0.4, 0.5) is 9.18 Å². The third kappa shape index (κ3) is 9.95. The summed E-state index contributed by atoms with van der Waals surface area (Å²) in [4.78, 5) is 32.8. The van der Waals surface area contributed by atoms with Gasteiger partial charge in [-0.05, 0) is 134 Å². The summed E-state index contributed by atoms with van der Waals surface area (Å²) in [5, 5.41) is 7.01. The molecule has 0 N–H and O–H groups in total. The zero-order valence-corrected chi connectivity index (χ0v) is 43.2. The maximum atomic E-state index is 17.2.